The molecule has 0 aromatic carbocycles. The van der Waals surface area contributed by atoms with E-state index in [-0.39, 0.29) is 10.5 Å². The Labute approximate surface area is 136 Å². The molecule has 0 bridgehead atoms. The lowest BCUT2D eigenvalue weighted by atomic mass is 9.78. The van der Waals surface area contributed by atoms with Gasteiger partial charge >= 0.3 is 5.97 Å². The fourth-order valence-electron chi connectivity index (χ4n) is 1.97. The van der Waals surface area contributed by atoms with Gasteiger partial charge in [-0.1, -0.05) is 6.92 Å². The second kappa shape index (κ2) is 8.76. The molecule has 0 radical (unpaired) electrons. The maximum atomic E-state index is 11.2. The minimum atomic E-state index is -2.79. The Morgan fingerprint density at radius 1 is 1.16 bits per heavy atom. The first-order chi connectivity index (χ1) is 8.67. The number of aliphatic carboxylic acids is 1. The minimum Gasteiger partial charge on any atom is -0.477 e. The SMILES string of the molecule is CC(CC(S)CS)(CC(S)CS)C(C(=O)O)=S(=O)=O. The molecule has 0 aromatic heterocycles. The van der Waals surface area contributed by atoms with E-state index < -0.39 is 26.5 Å². The van der Waals surface area contributed by atoms with Crippen LogP contribution in [0.3, 0.4) is 0 Å². The summed E-state index contributed by atoms with van der Waals surface area (Å²) in [5, 5.41) is 8.73. The zero-order valence-corrected chi connectivity index (χ0v) is 14.7. The predicted molar refractivity (Wildman–Crippen MR) is 92.2 cm³/mol. The number of thiol groups is 4. The molecule has 0 saturated carbocycles. The predicted octanol–water partition coefficient (Wildman–Crippen LogP) is 1.37. The van der Waals surface area contributed by atoms with E-state index in [0.29, 0.717) is 24.3 Å². The van der Waals surface area contributed by atoms with Crippen molar-refractivity contribution in [1.29, 1.82) is 0 Å². The number of carbonyl (C=O) groups is 1. The van der Waals surface area contributed by atoms with Crippen molar-refractivity contribution >= 4 is 71.6 Å². The highest BCUT2D eigenvalue weighted by Gasteiger charge is 2.39. The molecule has 1 N–H and O–H groups in total. The van der Waals surface area contributed by atoms with E-state index in [4.69, 9.17) is 5.11 Å². The summed E-state index contributed by atoms with van der Waals surface area (Å²) in [6.45, 7) is 1.60. The summed E-state index contributed by atoms with van der Waals surface area (Å²) in [6.07, 6.45) is 0.583. The van der Waals surface area contributed by atoms with Gasteiger partial charge in [0.2, 0.25) is 10.3 Å². The van der Waals surface area contributed by atoms with Gasteiger partial charge in [-0.3, -0.25) is 0 Å². The Kier molecular flexibility index (Phi) is 9.02. The van der Waals surface area contributed by atoms with Crippen LogP contribution in [-0.4, -0.2) is 46.4 Å². The molecule has 2 unspecified atom stereocenters. The van der Waals surface area contributed by atoms with E-state index in [9.17, 15) is 13.2 Å². The van der Waals surface area contributed by atoms with E-state index in [1.54, 1.807) is 6.92 Å². The van der Waals surface area contributed by atoms with Crippen LogP contribution in [0.2, 0.25) is 0 Å². The van der Waals surface area contributed by atoms with Crippen LogP contribution in [0.25, 0.3) is 0 Å². The Hall–Kier alpha value is 0.560. The fraction of sp³-hybridized carbons (Fsp3) is 0.800. The van der Waals surface area contributed by atoms with Gasteiger partial charge < -0.3 is 5.11 Å². The van der Waals surface area contributed by atoms with Crippen molar-refractivity contribution in [2.45, 2.75) is 30.3 Å². The summed E-state index contributed by atoms with van der Waals surface area (Å²) < 4.78 is 22.4. The molecule has 9 heteroatoms. The highest BCUT2D eigenvalue weighted by atomic mass is 32.2. The molecular weight excluding hydrogens is 344 g/mol. The normalized spacial score (nSPS) is 17.3. The lowest BCUT2D eigenvalue weighted by molar-refractivity contribution is -0.129. The van der Waals surface area contributed by atoms with Crippen LogP contribution in [0.5, 0.6) is 0 Å². The third-order valence-corrected chi connectivity index (χ3v) is 5.89. The summed E-state index contributed by atoms with van der Waals surface area (Å²) in [4.78, 5) is 10.7. The molecule has 0 heterocycles. The van der Waals surface area contributed by atoms with E-state index >= 15 is 0 Å². The monoisotopic (exact) mass is 362 g/mol. The lowest BCUT2D eigenvalue weighted by Gasteiger charge is -2.32. The molecule has 19 heavy (non-hydrogen) atoms. The van der Waals surface area contributed by atoms with Gasteiger partial charge in [0.15, 0.2) is 4.86 Å². The quantitative estimate of drug-likeness (QED) is 0.334. The maximum absolute atomic E-state index is 11.2. The molecule has 0 aliphatic rings. The van der Waals surface area contributed by atoms with Gasteiger partial charge in [0.1, 0.15) is 0 Å². The number of rotatable bonds is 8. The molecule has 0 aliphatic carbocycles. The molecule has 112 valence electrons. The Bertz CT molecular complexity index is 425. The topological polar surface area (TPSA) is 71.4 Å². The van der Waals surface area contributed by atoms with Crippen LogP contribution in [-0.2, 0) is 15.1 Å². The van der Waals surface area contributed by atoms with Crippen molar-refractivity contribution in [3.8, 4) is 0 Å². The average molecular weight is 363 g/mol. The molecule has 0 rings (SSSR count). The summed E-state index contributed by atoms with van der Waals surface area (Å²) >= 11 is 16.7. The van der Waals surface area contributed by atoms with Gasteiger partial charge in [0.25, 0.3) is 0 Å². The molecular formula is C10H18O4S5. The highest BCUT2D eigenvalue weighted by Crippen LogP contribution is 2.34. The zero-order valence-electron chi connectivity index (χ0n) is 10.4. The third-order valence-electron chi connectivity index (χ3n) is 2.70. The van der Waals surface area contributed by atoms with Crippen LogP contribution in [0.1, 0.15) is 19.8 Å². The van der Waals surface area contributed by atoms with E-state index in [1.165, 1.54) is 0 Å². The van der Waals surface area contributed by atoms with Crippen LogP contribution in [0, 0.1) is 5.41 Å². The Morgan fingerprint density at radius 3 is 1.74 bits per heavy atom. The first kappa shape index (κ1) is 19.6. The van der Waals surface area contributed by atoms with Gasteiger partial charge in [0.05, 0.1) is 0 Å². The molecule has 0 fully saturated rings. The van der Waals surface area contributed by atoms with Crippen molar-refractivity contribution in [1.82, 2.24) is 0 Å². The third kappa shape index (κ3) is 6.24. The van der Waals surface area contributed by atoms with E-state index in [0.717, 1.165) is 0 Å². The molecule has 0 saturated heterocycles. The maximum Gasteiger partial charge on any atom is 0.347 e. The van der Waals surface area contributed by atoms with Crippen molar-refractivity contribution in [3.05, 3.63) is 0 Å². The lowest BCUT2D eigenvalue weighted by Crippen LogP contribution is -2.39. The molecule has 0 aromatic rings. The number of carboxylic acid groups (broad SMARTS) is 1. The molecule has 0 aliphatic heterocycles. The number of carboxylic acids is 1. The molecule has 0 amide bonds. The van der Waals surface area contributed by atoms with E-state index in [2.05, 4.69) is 50.5 Å². The first-order valence-electron chi connectivity index (χ1n) is 5.45. The second-order valence-electron chi connectivity index (χ2n) is 4.51. The highest BCUT2D eigenvalue weighted by molar-refractivity contribution is 7.85. The van der Waals surface area contributed by atoms with Crippen LogP contribution < -0.4 is 0 Å². The molecule has 4 nitrogen and oxygen atoms in total. The minimum absolute atomic E-state index is 0.202. The number of hydrogen-bond acceptors (Lipinski definition) is 7. The number of hydrogen-bond donors (Lipinski definition) is 5. The summed E-state index contributed by atoms with van der Waals surface area (Å²) in [7, 11) is -2.79. The average Bonchev–Trinajstić information content (AvgIpc) is 2.26. The second-order valence-corrected chi connectivity index (χ2v) is 7.58. The van der Waals surface area contributed by atoms with Crippen LogP contribution in [0.15, 0.2) is 0 Å². The van der Waals surface area contributed by atoms with Gasteiger partial charge in [-0.05, 0) is 12.8 Å². The van der Waals surface area contributed by atoms with Crippen molar-refractivity contribution in [2.75, 3.05) is 11.5 Å². The van der Waals surface area contributed by atoms with Crippen LogP contribution >= 0.6 is 50.5 Å². The Morgan fingerprint density at radius 2 is 1.53 bits per heavy atom. The first-order valence-corrected chi connectivity index (χ1v) is 8.83. The smallest absolute Gasteiger partial charge is 0.347 e. The van der Waals surface area contributed by atoms with Gasteiger partial charge in [-0.15, -0.1) is 0 Å². The van der Waals surface area contributed by atoms with Gasteiger partial charge in [-0.2, -0.15) is 58.9 Å². The van der Waals surface area contributed by atoms with Crippen molar-refractivity contribution < 1.29 is 18.3 Å². The zero-order chi connectivity index (χ0) is 15.2. The van der Waals surface area contributed by atoms with Gasteiger partial charge in [-0.25, -0.2) is 4.79 Å². The summed E-state index contributed by atoms with van der Waals surface area (Å²) in [5.74, 6) is -0.583. The summed E-state index contributed by atoms with van der Waals surface area (Å²) in [6, 6.07) is 0. The largest absolute Gasteiger partial charge is 0.477 e. The fourth-order valence-corrected chi connectivity index (χ4v) is 3.74. The summed E-state index contributed by atoms with van der Waals surface area (Å²) in [5.41, 5.74) is -1.04. The van der Waals surface area contributed by atoms with E-state index in [1.807, 2.05) is 0 Å². The molecule has 2 atom stereocenters. The van der Waals surface area contributed by atoms with Crippen LogP contribution in [0.4, 0.5) is 0 Å². The standard InChI is InChI=1S/C10H18O4S5/c1-10(2-6(17)4-15,3-7(18)5-16)8(9(11)12)19(13)14/h6-7,15-18H,2-5H2,1H3,(H,11,12). The van der Waals surface area contributed by atoms with Crippen molar-refractivity contribution in [3.63, 3.8) is 0 Å². The Balaban J connectivity index is 5.61. The molecule has 0 spiro atoms. The van der Waals surface area contributed by atoms with Crippen molar-refractivity contribution in [2.24, 2.45) is 5.41 Å². The van der Waals surface area contributed by atoms with Gasteiger partial charge in [0, 0.05) is 27.4 Å².